The second-order valence-electron chi connectivity index (χ2n) is 4.97. The van der Waals surface area contributed by atoms with Gasteiger partial charge in [0, 0.05) is 17.8 Å². The van der Waals surface area contributed by atoms with Crippen molar-refractivity contribution in [3.8, 4) is 0 Å². The van der Waals surface area contributed by atoms with Crippen molar-refractivity contribution in [3.63, 3.8) is 0 Å². The number of rotatable bonds is 3. The monoisotopic (exact) mass is 247 g/mol. The van der Waals surface area contributed by atoms with Gasteiger partial charge in [-0.25, -0.2) is 4.98 Å². The van der Waals surface area contributed by atoms with Gasteiger partial charge in [0.05, 0.1) is 0 Å². The van der Waals surface area contributed by atoms with Crippen LogP contribution in [0.3, 0.4) is 0 Å². The Balaban J connectivity index is 1.89. The number of pyridine rings is 1. The molecule has 18 heavy (non-hydrogen) atoms. The molecule has 1 aromatic rings. The van der Waals surface area contributed by atoms with Crippen LogP contribution in [0, 0.1) is 6.92 Å². The molecular formula is C14H21N3O. The number of carbonyl (C=O) groups excluding carboxylic acids is 1. The van der Waals surface area contributed by atoms with Crippen LogP contribution < -0.4 is 10.6 Å². The fraction of sp³-hybridized carbons (Fsp3) is 0.571. The molecule has 1 amide bonds. The van der Waals surface area contributed by atoms with Gasteiger partial charge in [0.15, 0.2) is 0 Å². The van der Waals surface area contributed by atoms with E-state index in [-0.39, 0.29) is 5.91 Å². The molecule has 0 spiro atoms. The minimum absolute atomic E-state index is 0.0494. The summed E-state index contributed by atoms with van der Waals surface area (Å²) in [5.74, 6) is -0.0494. The standard InChI is InChI=1S/C14H21N3O/c1-10-4-3-5-13(16-10)14(18)17-12-8-6-11(15-2)7-9-12/h3-5,11-12,15H,6-9H2,1-2H3,(H,17,18). The number of carbonyl (C=O) groups is 1. The number of nitrogens with one attached hydrogen (secondary N) is 2. The van der Waals surface area contributed by atoms with Crippen molar-refractivity contribution < 1.29 is 4.79 Å². The first-order chi connectivity index (χ1) is 8.69. The zero-order valence-electron chi connectivity index (χ0n) is 11.1. The van der Waals surface area contributed by atoms with Crippen LogP contribution in [-0.4, -0.2) is 30.0 Å². The van der Waals surface area contributed by atoms with E-state index in [1.54, 1.807) is 6.07 Å². The smallest absolute Gasteiger partial charge is 0.270 e. The van der Waals surface area contributed by atoms with Crippen LogP contribution in [0.2, 0.25) is 0 Å². The van der Waals surface area contributed by atoms with Gasteiger partial charge < -0.3 is 10.6 Å². The molecule has 1 aromatic heterocycles. The average molecular weight is 247 g/mol. The van der Waals surface area contributed by atoms with Crippen molar-refractivity contribution >= 4 is 5.91 Å². The van der Waals surface area contributed by atoms with E-state index in [0.29, 0.717) is 17.8 Å². The molecule has 1 aliphatic rings. The topological polar surface area (TPSA) is 54.0 Å². The van der Waals surface area contributed by atoms with Crippen molar-refractivity contribution in [1.82, 2.24) is 15.6 Å². The Hall–Kier alpha value is -1.42. The minimum Gasteiger partial charge on any atom is -0.348 e. The van der Waals surface area contributed by atoms with Crippen molar-refractivity contribution in [3.05, 3.63) is 29.6 Å². The van der Waals surface area contributed by atoms with Gasteiger partial charge in [-0.1, -0.05) is 6.07 Å². The van der Waals surface area contributed by atoms with E-state index in [4.69, 9.17) is 0 Å². The van der Waals surface area contributed by atoms with Gasteiger partial charge in [0.2, 0.25) is 0 Å². The number of aryl methyl sites for hydroxylation is 1. The van der Waals surface area contributed by atoms with E-state index in [9.17, 15) is 4.79 Å². The third-order valence-corrected chi connectivity index (χ3v) is 3.59. The van der Waals surface area contributed by atoms with Gasteiger partial charge in [-0.2, -0.15) is 0 Å². The summed E-state index contributed by atoms with van der Waals surface area (Å²) in [6.07, 6.45) is 4.34. The third kappa shape index (κ3) is 3.29. The molecule has 2 rings (SSSR count). The molecular weight excluding hydrogens is 226 g/mol. The lowest BCUT2D eigenvalue weighted by atomic mass is 9.91. The normalized spacial score (nSPS) is 23.7. The highest BCUT2D eigenvalue weighted by molar-refractivity contribution is 5.92. The van der Waals surface area contributed by atoms with Gasteiger partial charge in [-0.3, -0.25) is 4.79 Å². The Labute approximate surface area is 108 Å². The summed E-state index contributed by atoms with van der Waals surface area (Å²) >= 11 is 0. The molecule has 0 unspecified atom stereocenters. The zero-order valence-corrected chi connectivity index (χ0v) is 11.1. The number of nitrogens with zero attached hydrogens (tertiary/aromatic N) is 1. The molecule has 0 bridgehead atoms. The summed E-state index contributed by atoms with van der Waals surface area (Å²) < 4.78 is 0. The van der Waals surface area contributed by atoms with Gasteiger partial charge in [-0.15, -0.1) is 0 Å². The average Bonchev–Trinajstić information content (AvgIpc) is 2.39. The lowest BCUT2D eigenvalue weighted by Crippen LogP contribution is -2.41. The lowest BCUT2D eigenvalue weighted by Gasteiger charge is -2.28. The lowest BCUT2D eigenvalue weighted by molar-refractivity contribution is 0.0919. The Kier molecular flexibility index (Phi) is 4.31. The quantitative estimate of drug-likeness (QED) is 0.854. The molecule has 2 N–H and O–H groups in total. The molecule has 0 atom stereocenters. The Morgan fingerprint density at radius 3 is 2.50 bits per heavy atom. The van der Waals surface area contributed by atoms with Crippen molar-refractivity contribution in [2.45, 2.75) is 44.7 Å². The molecule has 0 saturated heterocycles. The molecule has 0 aromatic carbocycles. The fourth-order valence-corrected chi connectivity index (χ4v) is 2.46. The van der Waals surface area contributed by atoms with E-state index in [2.05, 4.69) is 15.6 Å². The molecule has 1 aliphatic carbocycles. The number of aromatic nitrogens is 1. The molecule has 4 heteroatoms. The zero-order chi connectivity index (χ0) is 13.0. The second kappa shape index (κ2) is 5.96. The molecule has 0 radical (unpaired) electrons. The first-order valence-corrected chi connectivity index (χ1v) is 6.61. The Morgan fingerprint density at radius 2 is 1.89 bits per heavy atom. The highest BCUT2D eigenvalue weighted by atomic mass is 16.1. The Morgan fingerprint density at radius 1 is 1.22 bits per heavy atom. The third-order valence-electron chi connectivity index (χ3n) is 3.59. The second-order valence-corrected chi connectivity index (χ2v) is 4.97. The SMILES string of the molecule is CNC1CCC(NC(=O)c2cccc(C)n2)CC1. The fourth-order valence-electron chi connectivity index (χ4n) is 2.46. The van der Waals surface area contributed by atoms with E-state index < -0.39 is 0 Å². The van der Waals surface area contributed by atoms with Crippen LogP contribution in [0.1, 0.15) is 41.9 Å². The summed E-state index contributed by atoms with van der Waals surface area (Å²) in [7, 11) is 2.00. The van der Waals surface area contributed by atoms with E-state index in [1.807, 2.05) is 26.1 Å². The molecule has 4 nitrogen and oxygen atoms in total. The first kappa shape index (κ1) is 13.0. The largest absolute Gasteiger partial charge is 0.348 e. The molecule has 1 heterocycles. The maximum Gasteiger partial charge on any atom is 0.270 e. The van der Waals surface area contributed by atoms with Crippen LogP contribution in [0.4, 0.5) is 0 Å². The molecule has 1 saturated carbocycles. The van der Waals surface area contributed by atoms with Crippen LogP contribution in [0.15, 0.2) is 18.2 Å². The van der Waals surface area contributed by atoms with Crippen LogP contribution in [-0.2, 0) is 0 Å². The van der Waals surface area contributed by atoms with E-state index >= 15 is 0 Å². The Bertz CT molecular complexity index is 411. The first-order valence-electron chi connectivity index (χ1n) is 6.61. The van der Waals surface area contributed by atoms with E-state index in [0.717, 1.165) is 31.4 Å². The predicted octanol–water partition coefficient (Wildman–Crippen LogP) is 1.65. The predicted molar refractivity (Wildman–Crippen MR) is 71.5 cm³/mol. The van der Waals surface area contributed by atoms with Crippen molar-refractivity contribution in [1.29, 1.82) is 0 Å². The number of amides is 1. The van der Waals surface area contributed by atoms with Gasteiger partial charge in [0.1, 0.15) is 5.69 Å². The van der Waals surface area contributed by atoms with Crippen LogP contribution >= 0.6 is 0 Å². The molecule has 98 valence electrons. The summed E-state index contributed by atoms with van der Waals surface area (Å²) in [6, 6.07) is 6.44. The maximum absolute atomic E-state index is 12.0. The molecule has 0 aliphatic heterocycles. The number of hydrogen-bond donors (Lipinski definition) is 2. The molecule has 1 fully saturated rings. The highest BCUT2D eigenvalue weighted by Gasteiger charge is 2.21. The summed E-state index contributed by atoms with van der Waals surface area (Å²) in [4.78, 5) is 16.3. The highest BCUT2D eigenvalue weighted by Crippen LogP contribution is 2.18. The summed E-state index contributed by atoms with van der Waals surface area (Å²) in [6.45, 7) is 1.90. The number of hydrogen-bond acceptors (Lipinski definition) is 3. The summed E-state index contributed by atoms with van der Waals surface area (Å²) in [5, 5.41) is 6.37. The van der Waals surface area contributed by atoms with Crippen LogP contribution in [0.5, 0.6) is 0 Å². The summed E-state index contributed by atoms with van der Waals surface area (Å²) in [5.41, 5.74) is 1.40. The maximum atomic E-state index is 12.0. The van der Waals surface area contributed by atoms with Gasteiger partial charge in [0.25, 0.3) is 5.91 Å². The van der Waals surface area contributed by atoms with Crippen molar-refractivity contribution in [2.24, 2.45) is 0 Å². The van der Waals surface area contributed by atoms with Gasteiger partial charge >= 0.3 is 0 Å². The minimum atomic E-state index is -0.0494. The van der Waals surface area contributed by atoms with Gasteiger partial charge in [-0.05, 0) is 51.8 Å². The van der Waals surface area contributed by atoms with Crippen molar-refractivity contribution in [2.75, 3.05) is 7.05 Å². The van der Waals surface area contributed by atoms with E-state index in [1.165, 1.54) is 0 Å². The van der Waals surface area contributed by atoms with Crippen LogP contribution in [0.25, 0.3) is 0 Å².